The van der Waals surface area contributed by atoms with Crippen molar-refractivity contribution in [3.63, 3.8) is 0 Å². The molecule has 110 valence electrons. The number of carboxylic acid groups (broad SMARTS) is 1. The van der Waals surface area contributed by atoms with Crippen molar-refractivity contribution in [1.82, 2.24) is 9.97 Å². The second-order valence-electron chi connectivity index (χ2n) is 5.87. The summed E-state index contributed by atoms with van der Waals surface area (Å²) in [5, 5.41) is 13.4. The maximum atomic E-state index is 11.0. The molecular weight excluding hydrogens is 266 g/mol. The third-order valence-electron chi connectivity index (χ3n) is 4.16. The second-order valence-corrected chi connectivity index (χ2v) is 5.87. The zero-order chi connectivity index (χ0) is 14.8. The summed E-state index contributed by atoms with van der Waals surface area (Å²) < 4.78 is 0. The standard InChI is InChI=1S/C16H19N3O2/c1-10-3-2-4-12(7-10)19-15-13-6-5-11(16(20)21)8-14(13)17-9-18-15/h5-6,8-10,12H,2-4,7H2,1H3,(H,20,21)(H,17,18,19). The molecule has 2 aromatic rings. The number of nitrogens with zero attached hydrogens (tertiary/aromatic N) is 2. The molecule has 1 aliphatic rings. The number of aromatic carboxylic acids is 1. The lowest BCUT2D eigenvalue weighted by Gasteiger charge is -2.28. The van der Waals surface area contributed by atoms with Crippen LogP contribution in [0.15, 0.2) is 24.5 Å². The van der Waals surface area contributed by atoms with E-state index in [1.165, 1.54) is 19.2 Å². The highest BCUT2D eigenvalue weighted by Crippen LogP contribution is 2.28. The summed E-state index contributed by atoms with van der Waals surface area (Å²) in [6.45, 7) is 2.28. The molecule has 0 radical (unpaired) electrons. The molecule has 1 fully saturated rings. The van der Waals surface area contributed by atoms with Crippen LogP contribution in [0.4, 0.5) is 5.82 Å². The molecule has 0 aliphatic heterocycles. The summed E-state index contributed by atoms with van der Waals surface area (Å²) in [5.41, 5.74) is 0.912. The van der Waals surface area contributed by atoms with Crippen LogP contribution in [0, 0.1) is 5.92 Å². The zero-order valence-electron chi connectivity index (χ0n) is 12.0. The van der Waals surface area contributed by atoms with Crippen LogP contribution in [0.3, 0.4) is 0 Å². The Kier molecular flexibility index (Phi) is 3.73. The average molecular weight is 285 g/mol. The fourth-order valence-corrected chi connectivity index (χ4v) is 3.06. The van der Waals surface area contributed by atoms with Crippen LogP contribution in [0.25, 0.3) is 10.9 Å². The maximum Gasteiger partial charge on any atom is 0.335 e. The third-order valence-corrected chi connectivity index (χ3v) is 4.16. The molecule has 0 amide bonds. The molecule has 21 heavy (non-hydrogen) atoms. The van der Waals surface area contributed by atoms with E-state index in [1.807, 2.05) is 0 Å². The van der Waals surface area contributed by atoms with Gasteiger partial charge in [0, 0.05) is 11.4 Å². The molecule has 5 heteroatoms. The van der Waals surface area contributed by atoms with Crippen LogP contribution in [-0.4, -0.2) is 27.1 Å². The number of anilines is 1. The normalized spacial score (nSPS) is 22.1. The fraction of sp³-hybridized carbons (Fsp3) is 0.438. The van der Waals surface area contributed by atoms with E-state index >= 15 is 0 Å². The Morgan fingerprint density at radius 2 is 2.19 bits per heavy atom. The molecular formula is C16H19N3O2. The molecule has 1 aromatic carbocycles. The van der Waals surface area contributed by atoms with Gasteiger partial charge in [-0.3, -0.25) is 0 Å². The third kappa shape index (κ3) is 2.96. The predicted molar refractivity (Wildman–Crippen MR) is 81.5 cm³/mol. The Morgan fingerprint density at radius 3 is 2.95 bits per heavy atom. The first-order valence-corrected chi connectivity index (χ1v) is 7.38. The molecule has 1 saturated carbocycles. The quantitative estimate of drug-likeness (QED) is 0.904. The van der Waals surface area contributed by atoms with Gasteiger partial charge >= 0.3 is 5.97 Å². The van der Waals surface area contributed by atoms with Gasteiger partial charge in [-0.15, -0.1) is 0 Å². The SMILES string of the molecule is CC1CCCC(Nc2ncnc3cc(C(=O)O)ccc23)C1. The van der Waals surface area contributed by atoms with Crippen LogP contribution in [0.1, 0.15) is 43.0 Å². The Morgan fingerprint density at radius 1 is 1.33 bits per heavy atom. The van der Waals surface area contributed by atoms with Crippen molar-refractivity contribution >= 4 is 22.7 Å². The number of fused-ring (bicyclic) bond motifs is 1. The molecule has 2 N–H and O–H groups in total. The van der Waals surface area contributed by atoms with Gasteiger partial charge in [0.15, 0.2) is 0 Å². The molecule has 0 bridgehead atoms. The summed E-state index contributed by atoms with van der Waals surface area (Å²) in [4.78, 5) is 19.5. The molecule has 0 saturated heterocycles. The van der Waals surface area contributed by atoms with Crippen molar-refractivity contribution in [3.05, 3.63) is 30.1 Å². The molecule has 2 unspecified atom stereocenters. The van der Waals surface area contributed by atoms with E-state index in [2.05, 4.69) is 22.2 Å². The first kappa shape index (κ1) is 13.8. The van der Waals surface area contributed by atoms with E-state index < -0.39 is 5.97 Å². The summed E-state index contributed by atoms with van der Waals surface area (Å²) in [5.74, 6) is 0.602. The Bertz CT molecular complexity index is 672. The van der Waals surface area contributed by atoms with Gasteiger partial charge in [-0.2, -0.15) is 0 Å². The van der Waals surface area contributed by atoms with E-state index in [0.29, 0.717) is 11.6 Å². The molecule has 1 heterocycles. The zero-order valence-corrected chi connectivity index (χ0v) is 12.0. The van der Waals surface area contributed by atoms with Crippen molar-refractivity contribution in [3.8, 4) is 0 Å². The molecule has 3 rings (SSSR count). The number of hydrogen-bond acceptors (Lipinski definition) is 4. The minimum absolute atomic E-state index is 0.249. The topological polar surface area (TPSA) is 75.1 Å². The molecule has 0 spiro atoms. The van der Waals surface area contributed by atoms with Crippen LogP contribution in [0.2, 0.25) is 0 Å². The number of carbonyl (C=O) groups is 1. The predicted octanol–water partition coefficient (Wildman–Crippen LogP) is 3.32. The lowest BCUT2D eigenvalue weighted by Crippen LogP contribution is -2.26. The lowest BCUT2D eigenvalue weighted by molar-refractivity contribution is 0.0697. The van der Waals surface area contributed by atoms with Crippen LogP contribution >= 0.6 is 0 Å². The summed E-state index contributed by atoms with van der Waals surface area (Å²) in [7, 11) is 0. The monoisotopic (exact) mass is 285 g/mol. The van der Waals surface area contributed by atoms with E-state index in [0.717, 1.165) is 30.0 Å². The van der Waals surface area contributed by atoms with Crippen molar-refractivity contribution in [1.29, 1.82) is 0 Å². The number of rotatable bonds is 3. The average Bonchev–Trinajstić information content (AvgIpc) is 2.47. The van der Waals surface area contributed by atoms with E-state index in [-0.39, 0.29) is 5.56 Å². The molecule has 5 nitrogen and oxygen atoms in total. The van der Waals surface area contributed by atoms with Gasteiger partial charge in [0.05, 0.1) is 11.1 Å². The highest BCUT2D eigenvalue weighted by atomic mass is 16.4. The Balaban J connectivity index is 1.90. The maximum absolute atomic E-state index is 11.0. The van der Waals surface area contributed by atoms with Gasteiger partial charge in [0.25, 0.3) is 0 Å². The minimum Gasteiger partial charge on any atom is -0.478 e. The van der Waals surface area contributed by atoms with Crippen molar-refractivity contribution in [2.45, 2.75) is 38.6 Å². The highest BCUT2D eigenvalue weighted by molar-refractivity contribution is 5.96. The van der Waals surface area contributed by atoms with Crippen molar-refractivity contribution in [2.75, 3.05) is 5.32 Å². The van der Waals surface area contributed by atoms with Gasteiger partial charge in [0.2, 0.25) is 0 Å². The molecule has 1 aromatic heterocycles. The van der Waals surface area contributed by atoms with Crippen molar-refractivity contribution < 1.29 is 9.90 Å². The van der Waals surface area contributed by atoms with Crippen LogP contribution in [-0.2, 0) is 0 Å². The molecule has 2 atom stereocenters. The van der Waals surface area contributed by atoms with E-state index in [1.54, 1.807) is 18.2 Å². The lowest BCUT2D eigenvalue weighted by atomic mass is 9.87. The van der Waals surface area contributed by atoms with Gasteiger partial charge in [-0.1, -0.05) is 19.8 Å². The van der Waals surface area contributed by atoms with Gasteiger partial charge in [-0.25, -0.2) is 14.8 Å². The van der Waals surface area contributed by atoms with Gasteiger partial charge in [-0.05, 0) is 37.0 Å². The largest absolute Gasteiger partial charge is 0.478 e. The van der Waals surface area contributed by atoms with Gasteiger partial charge < -0.3 is 10.4 Å². The van der Waals surface area contributed by atoms with Crippen LogP contribution in [0.5, 0.6) is 0 Å². The van der Waals surface area contributed by atoms with Crippen molar-refractivity contribution in [2.24, 2.45) is 5.92 Å². The highest BCUT2D eigenvalue weighted by Gasteiger charge is 2.19. The number of nitrogens with one attached hydrogen (secondary N) is 1. The smallest absolute Gasteiger partial charge is 0.335 e. The van der Waals surface area contributed by atoms with Gasteiger partial charge in [0.1, 0.15) is 12.1 Å². The van der Waals surface area contributed by atoms with Crippen LogP contribution < -0.4 is 5.32 Å². The van der Waals surface area contributed by atoms with E-state index in [4.69, 9.17) is 5.11 Å². The first-order valence-electron chi connectivity index (χ1n) is 7.38. The summed E-state index contributed by atoms with van der Waals surface area (Å²) in [6, 6.07) is 5.41. The summed E-state index contributed by atoms with van der Waals surface area (Å²) >= 11 is 0. The second kappa shape index (κ2) is 5.68. The fourth-order valence-electron chi connectivity index (χ4n) is 3.06. The number of benzene rings is 1. The molecule has 1 aliphatic carbocycles. The number of carboxylic acids is 1. The summed E-state index contributed by atoms with van der Waals surface area (Å²) in [6.07, 6.45) is 6.33. The minimum atomic E-state index is -0.939. The number of aromatic nitrogens is 2. The van der Waals surface area contributed by atoms with E-state index in [9.17, 15) is 4.79 Å². The first-order chi connectivity index (χ1) is 10.1. The Labute approximate surface area is 123 Å². The number of hydrogen-bond donors (Lipinski definition) is 2. The Hall–Kier alpha value is -2.17.